The third-order valence-corrected chi connectivity index (χ3v) is 4.69. The van der Waals surface area contributed by atoms with Gasteiger partial charge in [-0.05, 0) is 18.5 Å². The number of carbonyl (C=O) groups is 1. The first-order valence-corrected chi connectivity index (χ1v) is 7.53. The Balaban J connectivity index is 3.66. The molecule has 0 fully saturated rings. The molecule has 0 aliphatic rings. The fraction of sp³-hybridized carbons (Fsp3) is 0.200. The highest BCUT2D eigenvalue weighted by atomic mass is 35.5. The predicted octanol–water partition coefficient (Wildman–Crippen LogP) is 5.13. The second kappa shape index (κ2) is 6.64. The van der Waals surface area contributed by atoms with E-state index in [0.717, 1.165) is 11.8 Å². The number of thiocarbonyl (C=S) groups is 1. The minimum Gasteiger partial charge on any atom is -0.486 e. The number of hydrogen-bond donors (Lipinski definition) is 0. The van der Waals surface area contributed by atoms with E-state index in [1.165, 1.54) is 7.11 Å². The monoisotopic (exact) mass is 362 g/mol. The Kier molecular flexibility index (Phi) is 6.03. The van der Waals surface area contributed by atoms with Crippen LogP contribution in [0.4, 0.5) is 0 Å². The van der Waals surface area contributed by atoms with Crippen LogP contribution in [-0.2, 0) is 4.74 Å². The van der Waals surface area contributed by atoms with Gasteiger partial charge >= 0.3 is 0 Å². The maximum Gasteiger partial charge on any atom is 0.222 e. The maximum absolute atomic E-state index is 11.7. The molecule has 8 heteroatoms. The number of rotatable bonds is 2. The van der Waals surface area contributed by atoms with Gasteiger partial charge in [0.15, 0.2) is 5.05 Å². The molecule has 0 saturated heterocycles. The van der Waals surface area contributed by atoms with Gasteiger partial charge in [0.1, 0.15) is 0 Å². The Hall–Kier alpha value is 0.290. The van der Waals surface area contributed by atoms with E-state index in [4.69, 9.17) is 63.4 Å². The Morgan fingerprint density at radius 3 is 1.78 bits per heavy atom. The van der Waals surface area contributed by atoms with Gasteiger partial charge in [-0.15, -0.1) is 0 Å². The van der Waals surface area contributed by atoms with E-state index < -0.39 is 0 Å². The summed E-state index contributed by atoms with van der Waals surface area (Å²) in [6, 6.07) is 0. The van der Waals surface area contributed by atoms with Gasteiger partial charge in [-0.1, -0.05) is 58.2 Å². The average molecular weight is 364 g/mol. The number of hydrogen-bond acceptors (Lipinski definition) is 4. The van der Waals surface area contributed by atoms with E-state index in [1.54, 1.807) is 6.26 Å². The topological polar surface area (TPSA) is 26.3 Å². The van der Waals surface area contributed by atoms with Crippen LogP contribution >= 0.6 is 70.4 Å². The molecular weight excluding hydrogens is 358 g/mol. The molecule has 0 N–H and O–H groups in total. The van der Waals surface area contributed by atoms with E-state index >= 15 is 0 Å². The number of halogens is 4. The number of ether oxygens (including phenoxy) is 1. The Bertz CT molecular complexity index is 455. The van der Waals surface area contributed by atoms with Gasteiger partial charge in [0.05, 0.1) is 38.3 Å². The zero-order valence-electron chi connectivity index (χ0n) is 9.14. The summed E-state index contributed by atoms with van der Waals surface area (Å²) in [7, 11) is 1.37. The van der Waals surface area contributed by atoms with Crippen LogP contribution in [0.25, 0.3) is 0 Å². The lowest BCUT2D eigenvalue weighted by atomic mass is 10.1. The van der Waals surface area contributed by atoms with Crippen molar-refractivity contribution in [1.82, 2.24) is 0 Å². The summed E-state index contributed by atoms with van der Waals surface area (Å²) in [6.07, 6.45) is 1.60. The van der Waals surface area contributed by atoms with Crippen molar-refractivity contribution in [1.29, 1.82) is 0 Å². The molecule has 2 nitrogen and oxygen atoms in total. The molecule has 0 unspecified atom stereocenters. The molecule has 0 amide bonds. The third kappa shape index (κ3) is 2.89. The molecule has 0 heterocycles. The molecule has 0 saturated carbocycles. The first-order valence-electron chi connectivity index (χ1n) is 4.39. The van der Waals surface area contributed by atoms with Crippen molar-refractivity contribution in [2.24, 2.45) is 0 Å². The van der Waals surface area contributed by atoms with Gasteiger partial charge in [-0.3, -0.25) is 4.79 Å². The van der Waals surface area contributed by atoms with Crippen molar-refractivity contribution in [2.75, 3.05) is 13.4 Å². The summed E-state index contributed by atoms with van der Waals surface area (Å²) in [4.78, 5) is 11.7. The highest BCUT2D eigenvalue weighted by Crippen LogP contribution is 2.42. The molecule has 98 valence electrons. The largest absolute Gasteiger partial charge is 0.486 e. The standard InChI is InChI=1S/C10H6Cl4O2S2/c1-16-10(17)4-7(13)5(11)3(9(15)18-2)6(12)8(4)14/h1-2H3. The molecule has 1 aromatic rings. The summed E-state index contributed by atoms with van der Waals surface area (Å²) in [6.45, 7) is 0. The normalized spacial score (nSPS) is 10.3. The molecule has 0 aliphatic carbocycles. The fourth-order valence-electron chi connectivity index (χ4n) is 1.19. The molecule has 0 atom stereocenters. The molecule has 0 bridgehead atoms. The molecule has 1 aromatic carbocycles. The summed E-state index contributed by atoms with van der Waals surface area (Å²) < 4.78 is 4.89. The first kappa shape index (κ1) is 16.3. The summed E-state index contributed by atoms with van der Waals surface area (Å²) >= 11 is 30.1. The Morgan fingerprint density at radius 1 is 1.06 bits per heavy atom. The van der Waals surface area contributed by atoms with E-state index in [9.17, 15) is 4.79 Å². The van der Waals surface area contributed by atoms with Crippen LogP contribution in [0.2, 0.25) is 20.1 Å². The van der Waals surface area contributed by atoms with E-state index in [-0.39, 0.29) is 41.4 Å². The second-order valence-corrected chi connectivity index (χ2v) is 5.65. The van der Waals surface area contributed by atoms with Crippen LogP contribution in [0, 0.1) is 0 Å². The fourth-order valence-corrected chi connectivity index (χ4v) is 3.23. The van der Waals surface area contributed by atoms with Crippen molar-refractivity contribution in [2.45, 2.75) is 0 Å². The first-order chi connectivity index (χ1) is 8.36. The lowest BCUT2D eigenvalue weighted by molar-refractivity contribution is 0.108. The quantitative estimate of drug-likeness (QED) is 0.537. The molecule has 1 rings (SSSR count). The van der Waals surface area contributed by atoms with Gasteiger partial charge in [-0.2, -0.15) is 0 Å². The van der Waals surface area contributed by atoms with Gasteiger partial charge in [-0.25, -0.2) is 0 Å². The minimum absolute atomic E-state index is 0.0137. The Morgan fingerprint density at radius 2 is 1.44 bits per heavy atom. The molecule has 0 aliphatic heterocycles. The molecule has 18 heavy (non-hydrogen) atoms. The van der Waals surface area contributed by atoms with Crippen LogP contribution in [-0.4, -0.2) is 23.5 Å². The minimum atomic E-state index is -0.330. The van der Waals surface area contributed by atoms with Crippen molar-refractivity contribution >= 4 is 80.5 Å². The predicted molar refractivity (Wildman–Crippen MR) is 83.0 cm³/mol. The van der Waals surface area contributed by atoms with Gasteiger partial charge in [0, 0.05) is 0 Å². The third-order valence-electron chi connectivity index (χ3n) is 2.04. The van der Waals surface area contributed by atoms with Crippen molar-refractivity contribution in [3.05, 3.63) is 31.2 Å². The molecule has 0 radical (unpaired) electrons. The zero-order chi connectivity index (χ0) is 14.0. The Labute approximate surface area is 134 Å². The number of thioether (sulfide) groups is 1. The summed E-state index contributed by atoms with van der Waals surface area (Å²) in [5, 5.41) is -0.147. The number of benzene rings is 1. The average Bonchev–Trinajstić information content (AvgIpc) is 2.36. The van der Waals surface area contributed by atoms with Gasteiger partial charge < -0.3 is 4.74 Å². The van der Waals surface area contributed by atoms with Crippen LogP contribution in [0.5, 0.6) is 0 Å². The number of carbonyl (C=O) groups excluding carboxylic acids is 1. The highest BCUT2D eigenvalue weighted by Gasteiger charge is 2.26. The second-order valence-electron chi connectivity index (χ2n) is 2.99. The van der Waals surface area contributed by atoms with Crippen LogP contribution in [0.1, 0.15) is 15.9 Å². The van der Waals surface area contributed by atoms with Gasteiger partial charge in [0.25, 0.3) is 0 Å². The summed E-state index contributed by atoms with van der Waals surface area (Å²) in [5.74, 6) is 0. The molecule has 0 spiro atoms. The highest BCUT2D eigenvalue weighted by molar-refractivity contribution is 8.13. The van der Waals surface area contributed by atoms with Gasteiger partial charge in [0.2, 0.25) is 5.12 Å². The smallest absolute Gasteiger partial charge is 0.222 e. The lowest BCUT2D eigenvalue weighted by Crippen LogP contribution is -2.06. The van der Waals surface area contributed by atoms with Crippen molar-refractivity contribution < 1.29 is 9.53 Å². The number of methoxy groups -OCH3 is 1. The van der Waals surface area contributed by atoms with Crippen LogP contribution in [0.15, 0.2) is 0 Å². The van der Waals surface area contributed by atoms with E-state index in [1.807, 2.05) is 0 Å². The van der Waals surface area contributed by atoms with Crippen LogP contribution < -0.4 is 0 Å². The SMILES string of the molecule is COC(=S)c1c(Cl)c(Cl)c(C(=O)SC)c(Cl)c1Cl. The van der Waals surface area contributed by atoms with Crippen molar-refractivity contribution in [3.8, 4) is 0 Å². The van der Waals surface area contributed by atoms with E-state index in [0.29, 0.717) is 0 Å². The lowest BCUT2D eigenvalue weighted by Gasteiger charge is -2.14. The molecular formula is C10H6Cl4O2S2. The maximum atomic E-state index is 11.7. The van der Waals surface area contributed by atoms with Crippen molar-refractivity contribution in [3.63, 3.8) is 0 Å². The van der Waals surface area contributed by atoms with Crippen LogP contribution in [0.3, 0.4) is 0 Å². The van der Waals surface area contributed by atoms with E-state index in [2.05, 4.69) is 0 Å². The summed E-state index contributed by atoms with van der Waals surface area (Å²) in [5.41, 5.74) is 0.284. The zero-order valence-corrected chi connectivity index (χ0v) is 13.8. The molecule has 0 aromatic heterocycles.